The molecule has 0 aliphatic rings. The molecular formula is C14H13N3O3S2. The van der Waals surface area contributed by atoms with Gasteiger partial charge in [0.15, 0.2) is 0 Å². The molecule has 0 aliphatic carbocycles. The van der Waals surface area contributed by atoms with Gasteiger partial charge in [-0.25, -0.2) is 0 Å². The maximum absolute atomic E-state index is 11.9. The summed E-state index contributed by atoms with van der Waals surface area (Å²) >= 11 is 2.61. The van der Waals surface area contributed by atoms with Gasteiger partial charge < -0.3 is 14.8 Å². The lowest BCUT2D eigenvalue weighted by atomic mass is 10.2. The van der Waals surface area contributed by atoms with E-state index >= 15 is 0 Å². The number of hydrogen-bond donors (Lipinski definition) is 2. The van der Waals surface area contributed by atoms with Crippen LogP contribution in [0.15, 0.2) is 33.4 Å². The first-order valence-corrected chi connectivity index (χ1v) is 8.24. The van der Waals surface area contributed by atoms with Gasteiger partial charge >= 0.3 is 0 Å². The molecule has 114 valence electrons. The second kappa shape index (κ2) is 6.39. The minimum Gasteiger partial charge on any atom is -0.458 e. The molecule has 2 N–H and O–H groups in total. The first-order chi connectivity index (χ1) is 10.6. The highest BCUT2D eigenvalue weighted by Gasteiger charge is 2.17. The average Bonchev–Trinajstić information content (AvgIpc) is 3.23. The molecule has 0 spiro atoms. The summed E-state index contributed by atoms with van der Waals surface area (Å²) in [5.74, 6) is 0.820. The highest BCUT2D eigenvalue weighted by Crippen LogP contribution is 2.26. The van der Waals surface area contributed by atoms with E-state index in [0.717, 1.165) is 17.1 Å². The SMILES string of the molecule is Cc1nnsc1C(=O)NCC(O)c1ccc(-c2ccsc2)o1. The Balaban J connectivity index is 1.62. The number of hydrogen-bond acceptors (Lipinski definition) is 7. The molecule has 0 bridgehead atoms. The van der Waals surface area contributed by atoms with E-state index in [-0.39, 0.29) is 12.5 Å². The van der Waals surface area contributed by atoms with Gasteiger partial charge in [0.1, 0.15) is 22.5 Å². The largest absolute Gasteiger partial charge is 0.458 e. The van der Waals surface area contributed by atoms with Crippen molar-refractivity contribution >= 4 is 28.8 Å². The third kappa shape index (κ3) is 3.08. The van der Waals surface area contributed by atoms with Crippen molar-refractivity contribution < 1.29 is 14.3 Å². The lowest BCUT2D eigenvalue weighted by Crippen LogP contribution is -2.28. The normalized spacial score (nSPS) is 12.3. The minimum atomic E-state index is -0.905. The van der Waals surface area contributed by atoms with Gasteiger partial charge in [-0.15, -0.1) is 5.10 Å². The van der Waals surface area contributed by atoms with Crippen LogP contribution in [0.2, 0.25) is 0 Å². The molecule has 0 aromatic carbocycles. The molecule has 8 heteroatoms. The number of nitrogens with one attached hydrogen (secondary N) is 1. The number of rotatable bonds is 5. The molecule has 22 heavy (non-hydrogen) atoms. The fourth-order valence-electron chi connectivity index (χ4n) is 1.90. The van der Waals surface area contributed by atoms with Gasteiger partial charge in [0.25, 0.3) is 5.91 Å². The second-order valence-electron chi connectivity index (χ2n) is 4.63. The molecule has 1 unspecified atom stereocenters. The Labute approximate surface area is 134 Å². The van der Waals surface area contributed by atoms with Crippen LogP contribution in [0.4, 0.5) is 0 Å². The zero-order chi connectivity index (χ0) is 15.5. The molecule has 0 radical (unpaired) electrons. The first kappa shape index (κ1) is 14.9. The van der Waals surface area contributed by atoms with Crippen molar-refractivity contribution in [2.75, 3.05) is 6.54 Å². The number of aromatic nitrogens is 2. The molecule has 0 aliphatic heterocycles. The number of aliphatic hydroxyl groups is 1. The monoisotopic (exact) mass is 335 g/mol. The zero-order valence-corrected chi connectivity index (χ0v) is 13.3. The van der Waals surface area contributed by atoms with E-state index in [4.69, 9.17) is 4.42 Å². The van der Waals surface area contributed by atoms with Crippen LogP contribution in [-0.2, 0) is 0 Å². The Morgan fingerprint density at radius 1 is 1.45 bits per heavy atom. The summed E-state index contributed by atoms with van der Waals surface area (Å²) in [7, 11) is 0. The number of amides is 1. The molecule has 1 amide bonds. The Hall–Kier alpha value is -2.03. The summed E-state index contributed by atoms with van der Waals surface area (Å²) in [6.07, 6.45) is -0.905. The van der Waals surface area contributed by atoms with Crippen LogP contribution < -0.4 is 5.32 Å². The van der Waals surface area contributed by atoms with Gasteiger partial charge in [-0.3, -0.25) is 4.79 Å². The van der Waals surface area contributed by atoms with Crippen LogP contribution in [0.3, 0.4) is 0 Å². The topological polar surface area (TPSA) is 88.2 Å². The van der Waals surface area contributed by atoms with Crippen molar-refractivity contribution in [3.05, 3.63) is 45.3 Å². The smallest absolute Gasteiger partial charge is 0.265 e. The molecule has 3 aromatic rings. The lowest BCUT2D eigenvalue weighted by molar-refractivity contribution is 0.0905. The van der Waals surface area contributed by atoms with Crippen LogP contribution in [-0.4, -0.2) is 27.1 Å². The van der Waals surface area contributed by atoms with Gasteiger partial charge in [0, 0.05) is 10.9 Å². The maximum Gasteiger partial charge on any atom is 0.265 e. The Bertz CT molecular complexity index is 764. The Kier molecular flexibility index (Phi) is 4.32. The van der Waals surface area contributed by atoms with Crippen LogP contribution >= 0.6 is 22.9 Å². The lowest BCUT2D eigenvalue weighted by Gasteiger charge is -2.08. The molecule has 1 atom stereocenters. The van der Waals surface area contributed by atoms with E-state index < -0.39 is 6.10 Å². The predicted octanol–water partition coefficient (Wildman–Crippen LogP) is 2.63. The summed E-state index contributed by atoms with van der Waals surface area (Å²) < 4.78 is 9.33. The summed E-state index contributed by atoms with van der Waals surface area (Å²) in [5.41, 5.74) is 1.55. The number of carbonyl (C=O) groups excluding carboxylic acids is 1. The standard InChI is InChI=1S/C14H13N3O3S2/c1-8-13(22-17-16-8)14(19)15-6-10(18)12-3-2-11(20-12)9-4-5-21-7-9/h2-5,7,10,18H,6H2,1H3,(H,15,19). The second-order valence-corrected chi connectivity index (χ2v) is 6.16. The Morgan fingerprint density at radius 3 is 3.00 bits per heavy atom. The van der Waals surface area contributed by atoms with E-state index in [1.54, 1.807) is 30.4 Å². The summed E-state index contributed by atoms with van der Waals surface area (Å²) in [4.78, 5) is 12.4. The first-order valence-electron chi connectivity index (χ1n) is 6.52. The van der Waals surface area contributed by atoms with Gasteiger partial charge in [0.05, 0.1) is 12.2 Å². The molecule has 3 aromatic heterocycles. The summed E-state index contributed by atoms with van der Waals surface area (Å²) in [6, 6.07) is 5.46. The fraction of sp³-hybridized carbons (Fsp3) is 0.214. The third-order valence-electron chi connectivity index (χ3n) is 3.07. The van der Waals surface area contributed by atoms with Crippen LogP contribution in [0.25, 0.3) is 11.3 Å². The molecule has 6 nitrogen and oxygen atoms in total. The van der Waals surface area contributed by atoms with Crippen molar-refractivity contribution in [2.45, 2.75) is 13.0 Å². The van der Waals surface area contributed by atoms with E-state index in [2.05, 4.69) is 14.9 Å². The number of furan rings is 1. The average molecular weight is 335 g/mol. The van der Waals surface area contributed by atoms with E-state index in [1.165, 1.54) is 0 Å². The summed E-state index contributed by atoms with van der Waals surface area (Å²) in [6.45, 7) is 1.78. The van der Waals surface area contributed by atoms with Gasteiger partial charge in [-0.2, -0.15) is 11.3 Å². The number of aryl methyl sites for hydroxylation is 1. The quantitative estimate of drug-likeness (QED) is 0.748. The highest BCUT2D eigenvalue weighted by atomic mass is 32.1. The van der Waals surface area contributed by atoms with Crippen molar-refractivity contribution in [1.82, 2.24) is 14.9 Å². The summed E-state index contributed by atoms with van der Waals surface area (Å²) in [5, 5.41) is 20.5. The molecule has 3 rings (SSSR count). The number of carbonyl (C=O) groups is 1. The molecular weight excluding hydrogens is 322 g/mol. The number of thiophene rings is 1. The van der Waals surface area contributed by atoms with E-state index in [0.29, 0.717) is 22.1 Å². The van der Waals surface area contributed by atoms with Crippen LogP contribution in [0.1, 0.15) is 27.2 Å². The highest BCUT2D eigenvalue weighted by molar-refractivity contribution is 7.08. The van der Waals surface area contributed by atoms with Crippen LogP contribution in [0, 0.1) is 6.92 Å². The van der Waals surface area contributed by atoms with Crippen molar-refractivity contribution in [3.8, 4) is 11.3 Å². The van der Waals surface area contributed by atoms with Crippen molar-refractivity contribution in [3.63, 3.8) is 0 Å². The number of nitrogens with zero attached hydrogens (tertiary/aromatic N) is 2. The minimum absolute atomic E-state index is 0.0623. The third-order valence-corrected chi connectivity index (χ3v) is 4.58. The fourth-order valence-corrected chi connectivity index (χ4v) is 3.12. The van der Waals surface area contributed by atoms with Crippen molar-refractivity contribution in [1.29, 1.82) is 0 Å². The number of aliphatic hydroxyl groups excluding tert-OH is 1. The molecule has 0 saturated carbocycles. The van der Waals surface area contributed by atoms with E-state index in [9.17, 15) is 9.90 Å². The molecule has 0 saturated heterocycles. The van der Waals surface area contributed by atoms with E-state index in [1.807, 2.05) is 16.8 Å². The molecule has 3 heterocycles. The van der Waals surface area contributed by atoms with Gasteiger partial charge in [-0.1, -0.05) is 4.49 Å². The predicted molar refractivity (Wildman–Crippen MR) is 84.0 cm³/mol. The van der Waals surface area contributed by atoms with Crippen molar-refractivity contribution in [2.24, 2.45) is 0 Å². The van der Waals surface area contributed by atoms with Crippen LogP contribution in [0.5, 0.6) is 0 Å². The zero-order valence-electron chi connectivity index (χ0n) is 11.6. The van der Waals surface area contributed by atoms with Gasteiger partial charge in [-0.05, 0) is 42.0 Å². The molecule has 0 fully saturated rings. The van der Waals surface area contributed by atoms with Gasteiger partial charge in [0.2, 0.25) is 0 Å². The maximum atomic E-state index is 11.9. The Morgan fingerprint density at radius 2 is 2.32 bits per heavy atom.